The summed E-state index contributed by atoms with van der Waals surface area (Å²) < 4.78 is 17.1. The maximum absolute atomic E-state index is 14.9. The fourth-order valence-electron chi connectivity index (χ4n) is 6.97. The minimum Gasteiger partial charge on any atom is -0.507 e. The second-order valence-corrected chi connectivity index (χ2v) is 16.9. The molecule has 0 unspecified atom stereocenters. The number of halogens is 1. The molecule has 4 aromatic carbocycles. The van der Waals surface area contributed by atoms with Crippen LogP contribution in [0.1, 0.15) is 105 Å². The van der Waals surface area contributed by atoms with Gasteiger partial charge in [0, 0.05) is 21.9 Å². The number of aromatic nitrogens is 1. The molecule has 0 radical (unpaired) electrons. The van der Waals surface area contributed by atoms with Crippen LogP contribution in [-0.2, 0) is 16.2 Å². The number of hydrogen-bond donors (Lipinski definition) is 2. The van der Waals surface area contributed by atoms with Gasteiger partial charge in [0.15, 0.2) is 0 Å². The number of rotatable bonds is 4. The van der Waals surface area contributed by atoms with Gasteiger partial charge in [-0.15, -0.1) is 0 Å². The predicted molar refractivity (Wildman–Crippen MR) is 189 cm³/mol. The first-order chi connectivity index (χ1) is 20.6. The highest BCUT2D eigenvalue weighted by atomic mass is 19.1. The number of aromatic hydroxyl groups is 2. The second kappa shape index (κ2) is 10.6. The van der Waals surface area contributed by atoms with E-state index in [2.05, 4.69) is 123 Å². The van der Waals surface area contributed by atoms with Crippen LogP contribution in [0.4, 0.5) is 4.39 Å². The molecule has 0 amide bonds. The molecule has 0 aliphatic heterocycles. The first-order valence-electron chi connectivity index (χ1n) is 16.0. The Morgan fingerprint density at radius 1 is 0.600 bits per heavy atom. The summed E-state index contributed by atoms with van der Waals surface area (Å²) in [6, 6.07) is 19.9. The maximum Gasteiger partial charge on any atom is 0.147 e. The van der Waals surface area contributed by atoms with Gasteiger partial charge in [-0.1, -0.05) is 100 Å². The van der Waals surface area contributed by atoms with Crippen molar-refractivity contribution in [3.05, 3.63) is 88.7 Å². The molecule has 0 spiro atoms. The van der Waals surface area contributed by atoms with E-state index in [1.807, 2.05) is 6.07 Å². The zero-order chi connectivity index (χ0) is 33.4. The lowest BCUT2D eigenvalue weighted by atomic mass is 9.71. The van der Waals surface area contributed by atoms with E-state index in [9.17, 15) is 14.6 Å². The number of hydrogen-bond acceptors (Lipinski definition) is 2. The van der Waals surface area contributed by atoms with Crippen molar-refractivity contribution < 1.29 is 14.6 Å². The van der Waals surface area contributed by atoms with Crippen molar-refractivity contribution in [2.24, 2.45) is 5.41 Å². The summed E-state index contributed by atoms with van der Waals surface area (Å²) >= 11 is 0. The number of phenolic OH excluding ortho intramolecular Hbond substituents is 2. The Bertz CT molecular complexity index is 1870. The van der Waals surface area contributed by atoms with Crippen LogP contribution < -0.4 is 0 Å². The molecule has 0 atom stereocenters. The molecule has 0 bridgehead atoms. The number of benzene rings is 4. The Balaban J connectivity index is 1.99. The molecule has 0 fully saturated rings. The lowest BCUT2D eigenvalue weighted by Gasteiger charge is -2.34. The molecule has 3 nitrogen and oxygen atoms in total. The summed E-state index contributed by atoms with van der Waals surface area (Å²) in [6.07, 6.45) is 0.882. The highest BCUT2D eigenvalue weighted by molar-refractivity contribution is 6.10. The van der Waals surface area contributed by atoms with Crippen LogP contribution in [-0.4, -0.2) is 14.8 Å². The summed E-state index contributed by atoms with van der Waals surface area (Å²) in [5, 5.41) is 25.7. The van der Waals surface area contributed by atoms with Crippen LogP contribution in [0.15, 0.2) is 60.7 Å². The van der Waals surface area contributed by atoms with Crippen molar-refractivity contribution in [2.75, 3.05) is 0 Å². The molecule has 5 rings (SSSR count). The van der Waals surface area contributed by atoms with E-state index in [0.717, 1.165) is 33.8 Å². The Morgan fingerprint density at radius 3 is 1.56 bits per heavy atom. The Kier molecular flexibility index (Phi) is 7.71. The molecule has 0 saturated carbocycles. The Morgan fingerprint density at radius 2 is 1.09 bits per heavy atom. The van der Waals surface area contributed by atoms with Gasteiger partial charge in [-0.2, -0.15) is 0 Å². The van der Waals surface area contributed by atoms with E-state index >= 15 is 0 Å². The van der Waals surface area contributed by atoms with Gasteiger partial charge >= 0.3 is 0 Å². The molecule has 2 N–H and O–H groups in total. The molecular formula is C41H50FNO2. The smallest absolute Gasteiger partial charge is 0.147 e. The van der Waals surface area contributed by atoms with Crippen molar-refractivity contribution in [1.82, 2.24) is 4.57 Å². The van der Waals surface area contributed by atoms with E-state index in [-0.39, 0.29) is 38.7 Å². The lowest BCUT2D eigenvalue weighted by Crippen LogP contribution is -2.25. The maximum atomic E-state index is 14.9. The van der Waals surface area contributed by atoms with Gasteiger partial charge in [0.1, 0.15) is 17.3 Å². The molecule has 5 aromatic rings. The van der Waals surface area contributed by atoms with Gasteiger partial charge in [0.05, 0.1) is 16.7 Å². The van der Waals surface area contributed by atoms with Crippen LogP contribution in [0, 0.1) is 18.2 Å². The first kappa shape index (κ1) is 32.6. The quantitative estimate of drug-likeness (QED) is 0.213. The summed E-state index contributed by atoms with van der Waals surface area (Å²) in [4.78, 5) is 0. The van der Waals surface area contributed by atoms with E-state index in [1.54, 1.807) is 6.92 Å². The number of aryl methyl sites for hydroxylation is 1. The standard InChI is InChI=1S/C41H50FNO2/c1-24-17-28(42)22-32(36(24)44)31-18-27(41(11,12)23-38(2,3)4)21-35(37(31)45)43-33-19-25(39(5,6)7)13-15-29(33)30-16-14-26(20-34(30)43)40(8,9)10/h13-22,44-45H,23H2,1-12H3. The van der Waals surface area contributed by atoms with E-state index < -0.39 is 5.82 Å². The fraction of sp³-hybridized carbons (Fsp3) is 0.415. The molecular weight excluding hydrogens is 557 g/mol. The van der Waals surface area contributed by atoms with Gasteiger partial charge in [0.25, 0.3) is 0 Å². The molecule has 0 aliphatic rings. The van der Waals surface area contributed by atoms with Crippen molar-refractivity contribution in [3.63, 3.8) is 0 Å². The van der Waals surface area contributed by atoms with Gasteiger partial charge in [-0.3, -0.25) is 0 Å². The van der Waals surface area contributed by atoms with Gasteiger partial charge in [0.2, 0.25) is 0 Å². The number of fused-ring (bicyclic) bond motifs is 3. The molecule has 0 aliphatic carbocycles. The van der Waals surface area contributed by atoms with Gasteiger partial charge < -0.3 is 14.8 Å². The Labute approximate surface area is 268 Å². The molecule has 45 heavy (non-hydrogen) atoms. The second-order valence-electron chi connectivity index (χ2n) is 16.9. The van der Waals surface area contributed by atoms with Crippen molar-refractivity contribution in [1.29, 1.82) is 0 Å². The van der Waals surface area contributed by atoms with E-state index in [4.69, 9.17) is 0 Å². The average Bonchev–Trinajstić information content (AvgIpc) is 3.21. The average molecular weight is 608 g/mol. The molecule has 1 heterocycles. The van der Waals surface area contributed by atoms with Crippen LogP contribution in [0.2, 0.25) is 0 Å². The van der Waals surface area contributed by atoms with Gasteiger partial charge in [-0.05, 0) is 93.7 Å². The topological polar surface area (TPSA) is 45.4 Å². The molecule has 0 saturated heterocycles. The highest BCUT2D eigenvalue weighted by Crippen LogP contribution is 2.47. The minimum atomic E-state index is -0.456. The van der Waals surface area contributed by atoms with Crippen molar-refractivity contribution in [3.8, 4) is 28.3 Å². The zero-order valence-electron chi connectivity index (χ0n) is 29.2. The minimum absolute atomic E-state index is 0.00623. The van der Waals surface area contributed by atoms with Crippen LogP contribution in [0.3, 0.4) is 0 Å². The highest BCUT2D eigenvalue weighted by Gasteiger charge is 2.31. The third kappa shape index (κ3) is 6.09. The third-order valence-corrected chi connectivity index (χ3v) is 9.14. The number of nitrogens with zero attached hydrogens (tertiary/aromatic N) is 1. The molecule has 4 heteroatoms. The predicted octanol–water partition coefficient (Wildman–Crippen LogP) is 11.6. The number of phenols is 2. The van der Waals surface area contributed by atoms with Crippen LogP contribution in [0.25, 0.3) is 38.6 Å². The summed E-state index contributed by atoms with van der Waals surface area (Å²) in [5.74, 6) is -0.482. The van der Waals surface area contributed by atoms with Crippen LogP contribution in [0.5, 0.6) is 11.5 Å². The molecule has 238 valence electrons. The monoisotopic (exact) mass is 607 g/mol. The van der Waals surface area contributed by atoms with Crippen molar-refractivity contribution in [2.45, 2.75) is 106 Å². The molecule has 1 aromatic heterocycles. The fourth-order valence-corrected chi connectivity index (χ4v) is 6.97. The summed E-state index contributed by atoms with van der Waals surface area (Å²) in [6.45, 7) is 26.1. The lowest BCUT2D eigenvalue weighted by molar-refractivity contribution is 0.284. The summed E-state index contributed by atoms with van der Waals surface area (Å²) in [5.41, 5.74) is 6.70. The SMILES string of the molecule is Cc1cc(F)cc(-c2cc(C(C)(C)CC(C)(C)C)cc(-n3c4cc(C(C)(C)C)ccc4c4ccc(C(C)(C)C)cc43)c2O)c1O. The van der Waals surface area contributed by atoms with E-state index in [0.29, 0.717) is 16.8 Å². The van der Waals surface area contributed by atoms with Gasteiger partial charge in [-0.25, -0.2) is 4.39 Å². The Hall–Kier alpha value is -3.79. The summed E-state index contributed by atoms with van der Waals surface area (Å²) in [7, 11) is 0. The van der Waals surface area contributed by atoms with Crippen molar-refractivity contribution >= 4 is 21.8 Å². The first-order valence-corrected chi connectivity index (χ1v) is 16.0. The van der Waals surface area contributed by atoms with Crippen LogP contribution >= 0.6 is 0 Å². The van der Waals surface area contributed by atoms with E-state index in [1.165, 1.54) is 23.3 Å². The zero-order valence-corrected chi connectivity index (χ0v) is 29.2. The third-order valence-electron chi connectivity index (χ3n) is 9.14. The largest absolute Gasteiger partial charge is 0.507 e. The normalized spacial score (nSPS) is 13.3.